The summed E-state index contributed by atoms with van der Waals surface area (Å²) in [6, 6.07) is 0. The second-order valence-corrected chi connectivity index (χ2v) is 4.58. The van der Waals surface area contributed by atoms with Gasteiger partial charge in [-0.25, -0.2) is 4.98 Å². The number of aromatic amines is 1. The molecule has 17 heavy (non-hydrogen) atoms. The number of carbonyl (C=O) groups excluding carboxylic acids is 1. The summed E-state index contributed by atoms with van der Waals surface area (Å²) < 4.78 is 5.32. The predicted molar refractivity (Wildman–Crippen MR) is 59.7 cm³/mol. The van der Waals surface area contributed by atoms with Crippen molar-refractivity contribution in [1.29, 1.82) is 0 Å². The van der Waals surface area contributed by atoms with Crippen molar-refractivity contribution in [3.05, 3.63) is 11.6 Å². The normalized spacial score (nSPS) is 21.3. The van der Waals surface area contributed by atoms with Gasteiger partial charge in [-0.15, -0.1) is 5.10 Å². The Hall–Kier alpha value is -1.43. The van der Waals surface area contributed by atoms with Gasteiger partial charge in [0.15, 0.2) is 0 Å². The fourth-order valence-electron chi connectivity index (χ4n) is 2.00. The standard InChI is InChI=1S/C11H16N4O2/c16-11(15-4-1-6-17-7-5-15)10-12-9(13-14-10)8-2-3-8/h8H,1-7H2,(H,12,13,14). The molecule has 0 spiro atoms. The molecular formula is C11H16N4O2. The Balaban J connectivity index is 1.70. The van der Waals surface area contributed by atoms with E-state index in [0.29, 0.717) is 24.9 Å². The molecule has 1 saturated carbocycles. The topological polar surface area (TPSA) is 71.1 Å². The quantitative estimate of drug-likeness (QED) is 0.813. The van der Waals surface area contributed by atoms with Gasteiger partial charge in [0.2, 0.25) is 5.82 Å². The van der Waals surface area contributed by atoms with E-state index in [4.69, 9.17) is 4.74 Å². The molecule has 92 valence electrons. The molecule has 0 bridgehead atoms. The van der Waals surface area contributed by atoms with E-state index >= 15 is 0 Å². The molecule has 0 atom stereocenters. The molecule has 3 rings (SSSR count). The molecule has 2 fully saturated rings. The van der Waals surface area contributed by atoms with Gasteiger partial charge in [0, 0.05) is 25.6 Å². The van der Waals surface area contributed by atoms with Crippen molar-refractivity contribution in [2.75, 3.05) is 26.3 Å². The number of hydrogen-bond acceptors (Lipinski definition) is 4. The summed E-state index contributed by atoms with van der Waals surface area (Å²) in [7, 11) is 0. The van der Waals surface area contributed by atoms with E-state index in [1.807, 2.05) is 0 Å². The lowest BCUT2D eigenvalue weighted by Crippen LogP contribution is -2.33. The van der Waals surface area contributed by atoms with Gasteiger partial charge < -0.3 is 9.64 Å². The van der Waals surface area contributed by atoms with Crippen molar-refractivity contribution in [3.63, 3.8) is 0 Å². The van der Waals surface area contributed by atoms with Gasteiger partial charge in [-0.05, 0) is 19.3 Å². The molecule has 6 heteroatoms. The molecule has 1 aromatic heterocycles. The minimum Gasteiger partial charge on any atom is -0.380 e. The Morgan fingerprint density at radius 3 is 3.06 bits per heavy atom. The molecule has 0 radical (unpaired) electrons. The Morgan fingerprint density at radius 1 is 1.35 bits per heavy atom. The number of H-pyrrole nitrogens is 1. The Bertz CT molecular complexity index is 405. The fourth-order valence-corrected chi connectivity index (χ4v) is 2.00. The molecule has 0 aromatic carbocycles. The molecule has 2 aliphatic rings. The predicted octanol–water partition coefficient (Wildman–Crippen LogP) is 0.545. The van der Waals surface area contributed by atoms with Gasteiger partial charge in [-0.1, -0.05) is 0 Å². The fraction of sp³-hybridized carbons (Fsp3) is 0.727. The largest absolute Gasteiger partial charge is 0.380 e. The van der Waals surface area contributed by atoms with Crippen LogP contribution in [0.15, 0.2) is 0 Å². The van der Waals surface area contributed by atoms with Crippen LogP contribution in [0, 0.1) is 0 Å². The van der Waals surface area contributed by atoms with Crippen LogP contribution in [-0.4, -0.2) is 52.3 Å². The number of nitrogens with zero attached hydrogens (tertiary/aromatic N) is 3. The van der Waals surface area contributed by atoms with Crippen LogP contribution in [-0.2, 0) is 4.74 Å². The number of hydrogen-bond donors (Lipinski definition) is 1. The third kappa shape index (κ3) is 2.31. The molecule has 6 nitrogen and oxygen atoms in total. The molecule has 1 aromatic rings. The van der Waals surface area contributed by atoms with Crippen LogP contribution in [0.1, 0.15) is 41.6 Å². The highest BCUT2D eigenvalue weighted by Gasteiger charge is 2.29. The Morgan fingerprint density at radius 2 is 2.24 bits per heavy atom. The first-order chi connectivity index (χ1) is 8.34. The summed E-state index contributed by atoms with van der Waals surface area (Å²) in [6.45, 7) is 2.69. The Kier molecular flexibility index (Phi) is 2.80. The van der Waals surface area contributed by atoms with E-state index in [1.54, 1.807) is 4.90 Å². The van der Waals surface area contributed by atoms with E-state index in [2.05, 4.69) is 15.2 Å². The minimum atomic E-state index is -0.0846. The van der Waals surface area contributed by atoms with Crippen LogP contribution in [0.3, 0.4) is 0 Å². The zero-order valence-electron chi connectivity index (χ0n) is 9.69. The van der Waals surface area contributed by atoms with Gasteiger partial charge in [0.1, 0.15) is 5.82 Å². The number of nitrogens with one attached hydrogen (secondary N) is 1. The van der Waals surface area contributed by atoms with Crippen molar-refractivity contribution >= 4 is 5.91 Å². The van der Waals surface area contributed by atoms with Gasteiger partial charge in [-0.2, -0.15) is 0 Å². The lowest BCUT2D eigenvalue weighted by Gasteiger charge is -2.17. The SMILES string of the molecule is O=C(c1n[nH]c(C2CC2)n1)N1CCCOCC1. The molecule has 1 aliphatic carbocycles. The summed E-state index contributed by atoms with van der Waals surface area (Å²) in [6.07, 6.45) is 3.19. The Labute approximate surface area is 99.4 Å². The van der Waals surface area contributed by atoms with Gasteiger partial charge in [-0.3, -0.25) is 9.89 Å². The molecule has 1 aliphatic heterocycles. The first-order valence-corrected chi connectivity index (χ1v) is 6.14. The average Bonchev–Trinajstić information content (AvgIpc) is 3.13. The second-order valence-electron chi connectivity index (χ2n) is 4.58. The van der Waals surface area contributed by atoms with E-state index in [9.17, 15) is 4.79 Å². The van der Waals surface area contributed by atoms with Crippen molar-refractivity contribution in [2.24, 2.45) is 0 Å². The maximum Gasteiger partial charge on any atom is 0.293 e. The molecule has 1 amide bonds. The lowest BCUT2D eigenvalue weighted by atomic mass is 10.3. The van der Waals surface area contributed by atoms with Crippen LogP contribution in [0.2, 0.25) is 0 Å². The smallest absolute Gasteiger partial charge is 0.293 e. The highest BCUT2D eigenvalue weighted by atomic mass is 16.5. The van der Waals surface area contributed by atoms with Gasteiger partial charge in [0.25, 0.3) is 5.91 Å². The van der Waals surface area contributed by atoms with Crippen molar-refractivity contribution < 1.29 is 9.53 Å². The van der Waals surface area contributed by atoms with Crippen LogP contribution < -0.4 is 0 Å². The number of amides is 1. The van der Waals surface area contributed by atoms with Gasteiger partial charge >= 0.3 is 0 Å². The van der Waals surface area contributed by atoms with Crippen LogP contribution >= 0.6 is 0 Å². The first kappa shape index (κ1) is 10.7. The molecular weight excluding hydrogens is 220 g/mol. The summed E-state index contributed by atoms with van der Waals surface area (Å²) >= 11 is 0. The van der Waals surface area contributed by atoms with Gasteiger partial charge in [0.05, 0.1) is 6.61 Å². The summed E-state index contributed by atoms with van der Waals surface area (Å²) in [4.78, 5) is 18.2. The monoisotopic (exact) mass is 236 g/mol. The van der Waals surface area contributed by atoms with Crippen LogP contribution in [0.4, 0.5) is 0 Å². The van der Waals surface area contributed by atoms with E-state index < -0.39 is 0 Å². The number of rotatable bonds is 2. The van der Waals surface area contributed by atoms with Crippen molar-refractivity contribution in [2.45, 2.75) is 25.2 Å². The third-order valence-corrected chi connectivity index (χ3v) is 3.17. The summed E-state index contributed by atoms with van der Waals surface area (Å²) in [5, 5.41) is 6.88. The lowest BCUT2D eigenvalue weighted by molar-refractivity contribution is 0.0729. The molecule has 1 saturated heterocycles. The maximum atomic E-state index is 12.1. The van der Waals surface area contributed by atoms with Crippen LogP contribution in [0.25, 0.3) is 0 Å². The summed E-state index contributed by atoms with van der Waals surface area (Å²) in [5.41, 5.74) is 0. The van der Waals surface area contributed by atoms with Crippen molar-refractivity contribution in [3.8, 4) is 0 Å². The van der Waals surface area contributed by atoms with Crippen molar-refractivity contribution in [1.82, 2.24) is 20.1 Å². The summed E-state index contributed by atoms with van der Waals surface area (Å²) in [5.74, 6) is 1.57. The van der Waals surface area contributed by atoms with E-state index in [-0.39, 0.29) is 5.91 Å². The van der Waals surface area contributed by atoms with E-state index in [1.165, 1.54) is 0 Å². The highest BCUT2D eigenvalue weighted by molar-refractivity contribution is 5.90. The first-order valence-electron chi connectivity index (χ1n) is 6.14. The minimum absolute atomic E-state index is 0.0846. The number of aromatic nitrogens is 3. The molecule has 0 unspecified atom stereocenters. The second kappa shape index (κ2) is 4.44. The average molecular weight is 236 g/mol. The zero-order valence-corrected chi connectivity index (χ0v) is 9.69. The number of carbonyl (C=O) groups is 1. The zero-order chi connectivity index (χ0) is 11.7. The van der Waals surface area contributed by atoms with E-state index in [0.717, 1.165) is 38.2 Å². The number of ether oxygens (including phenoxy) is 1. The molecule has 2 heterocycles. The highest BCUT2D eigenvalue weighted by Crippen LogP contribution is 2.37. The maximum absolute atomic E-state index is 12.1. The third-order valence-electron chi connectivity index (χ3n) is 3.17. The molecule has 1 N–H and O–H groups in total. The van der Waals surface area contributed by atoms with Crippen LogP contribution in [0.5, 0.6) is 0 Å².